The normalized spacial score (nSPS) is 26.7. The Hall–Kier alpha value is -0.890. The summed E-state index contributed by atoms with van der Waals surface area (Å²) in [5, 5.41) is 0. The number of hydrogen-bond acceptors (Lipinski definition) is 2. The van der Waals surface area contributed by atoms with E-state index in [0.29, 0.717) is 6.04 Å². The minimum absolute atomic E-state index is 0.672. The Kier molecular flexibility index (Phi) is 6.10. The quantitative estimate of drug-likeness (QED) is 0.739. The van der Waals surface area contributed by atoms with Crippen LogP contribution in [0.4, 0.5) is 0 Å². The number of allylic oxidation sites excluding steroid dienone is 3. The van der Waals surface area contributed by atoms with Gasteiger partial charge in [0.25, 0.3) is 0 Å². The number of hydrogen-bond donors (Lipinski definition) is 0. The fourth-order valence-corrected chi connectivity index (χ4v) is 5.24. The second kappa shape index (κ2) is 8.28. The summed E-state index contributed by atoms with van der Waals surface area (Å²) in [5.41, 5.74) is 0. The average Bonchev–Trinajstić information content (AvgIpc) is 2.63. The molecule has 2 saturated heterocycles. The van der Waals surface area contributed by atoms with E-state index in [1.54, 1.807) is 0 Å². The molecule has 0 aromatic carbocycles. The van der Waals surface area contributed by atoms with Gasteiger partial charge in [-0.05, 0) is 63.6 Å². The van der Waals surface area contributed by atoms with E-state index in [1.165, 1.54) is 25.9 Å². The molecule has 2 heterocycles. The van der Waals surface area contributed by atoms with Crippen LogP contribution < -0.4 is 0 Å². The molecular formula is C19H28N2OS. The molecule has 3 aliphatic rings. The topological polar surface area (TPSA) is 23.6 Å². The molecule has 0 bridgehead atoms. The van der Waals surface area contributed by atoms with Gasteiger partial charge in [-0.1, -0.05) is 12.2 Å². The predicted molar refractivity (Wildman–Crippen MR) is 96.9 cm³/mol. The highest BCUT2D eigenvalue weighted by Gasteiger charge is 2.30. The van der Waals surface area contributed by atoms with Crippen LogP contribution >= 0.6 is 0 Å². The molecule has 1 atom stereocenters. The molecule has 3 nitrogen and oxygen atoms in total. The molecule has 0 aromatic heterocycles. The Morgan fingerprint density at radius 3 is 2.48 bits per heavy atom. The highest BCUT2D eigenvalue weighted by atomic mass is 32.2. The fraction of sp³-hybridized carbons (Fsp3) is 0.684. The van der Waals surface area contributed by atoms with Crippen molar-refractivity contribution in [2.45, 2.75) is 51.0 Å². The van der Waals surface area contributed by atoms with Crippen LogP contribution in [0, 0.1) is 18.3 Å². The summed E-state index contributed by atoms with van der Waals surface area (Å²) in [6, 6.07) is 0.672. The number of terminal acetylenes is 1. The van der Waals surface area contributed by atoms with Crippen LogP contribution in [0.5, 0.6) is 0 Å². The molecule has 3 rings (SSSR count). The molecule has 0 radical (unpaired) electrons. The lowest BCUT2D eigenvalue weighted by Gasteiger charge is -2.41. The summed E-state index contributed by atoms with van der Waals surface area (Å²) < 4.78 is 14.8. The maximum Gasteiger partial charge on any atom is 0.127 e. The Bertz CT molecular complexity index is 518. The molecule has 0 saturated carbocycles. The zero-order valence-electron chi connectivity index (χ0n) is 14.0. The van der Waals surface area contributed by atoms with Gasteiger partial charge < -0.3 is 4.90 Å². The van der Waals surface area contributed by atoms with Crippen molar-refractivity contribution in [3.63, 3.8) is 0 Å². The molecule has 2 aliphatic heterocycles. The summed E-state index contributed by atoms with van der Waals surface area (Å²) in [6.45, 7) is 4.28. The first-order valence-electron chi connectivity index (χ1n) is 8.99. The van der Waals surface area contributed by atoms with E-state index >= 15 is 0 Å². The Labute approximate surface area is 143 Å². The summed E-state index contributed by atoms with van der Waals surface area (Å²) in [5.74, 6) is 3.54. The Balaban J connectivity index is 1.46. The van der Waals surface area contributed by atoms with Crippen molar-refractivity contribution in [1.82, 2.24) is 9.21 Å². The van der Waals surface area contributed by atoms with E-state index in [9.17, 15) is 4.21 Å². The molecular weight excluding hydrogens is 304 g/mol. The fourth-order valence-electron chi connectivity index (χ4n) is 3.93. The van der Waals surface area contributed by atoms with Crippen LogP contribution in [-0.4, -0.2) is 45.6 Å². The Morgan fingerprint density at radius 2 is 1.87 bits per heavy atom. The zero-order chi connectivity index (χ0) is 16.1. The van der Waals surface area contributed by atoms with E-state index in [1.807, 2.05) is 6.08 Å². The van der Waals surface area contributed by atoms with Crippen LogP contribution in [0.25, 0.3) is 0 Å². The number of nitrogens with zero attached hydrogens (tertiary/aromatic N) is 2. The van der Waals surface area contributed by atoms with Gasteiger partial charge in [-0.25, -0.2) is 8.51 Å². The van der Waals surface area contributed by atoms with Crippen molar-refractivity contribution in [3.8, 4) is 12.3 Å². The van der Waals surface area contributed by atoms with Crippen molar-refractivity contribution in [1.29, 1.82) is 0 Å². The van der Waals surface area contributed by atoms with E-state index in [2.05, 4.69) is 27.3 Å². The highest BCUT2D eigenvalue weighted by molar-refractivity contribution is 7.86. The van der Waals surface area contributed by atoms with Crippen molar-refractivity contribution in [2.75, 3.05) is 26.2 Å². The number of rotatable bonds is 4. The van der Waals surface area contributed by atoms with Gasteiger partial charge in [-0.3, -0.25) is 0 Å². The first-order chi connectivity index (χ1) is 11.3. The van der Waals surface area contributed by atoms with Crippen LogP contribution in [0.15, 0.2) is 23.1 Å². The van der Waals surface area contributed by atoms with Gasteiger partial charge in [-0.15, -0.1) is 12.3 Å². The maximum atomic E-state index is 12.6. The molecule has 0 spiro atoms. The SMILES string of the molecule is C#CCC1CCN(C2CCN(S(=O)C3=CCCC=C3)CC2)CC1. The second-order valence-corrected chi connectivity index (χ2v) is 8.37. The highest BCUT2D eigenvalue weighted by Crippen LogP contribution is 2.27. The lowest BCUT2D eigenvalue weighted by Crippen LogP contribution is -2.48. The van der Waals surface area contributed by atoms with Crippen molar-refractivity contribution in [3.05, 3.63) is 23.1 Å². The molecule has 23 heavy (non-hydrogen) atoms. The first kappa shape index (κ1) is 17.0. The zero-order valence-corrected chi connectivity index (χ0v) is 14.8. The summed E-state index contributed by atoms with van der Waals surface area (Å²) in [4.78, 5) is 3.65. The minimum Gasteiger partial charge on any atom is -0.300 e. The van der Waals surface area contributed by atoms with E-state index in [-0.39, 0.29) is 0 Å². The lowest BCUT2D eigenvalue weighted by molar-refractivity contribution is 0.0992. The van der Waals surface area contributed by atoms with Crippen LogP contribution in [-0.2, 0) is 11.0 Å². The molecule has 0 N–H and O–H groups in total. The molecule has 1 aliphatic carbocycles. The van der Waals surface area contributed by atoms with Crippen LogP contribution in [0.1, 0.15) is 44.9 Å². The van der Waals surface area contributed by atoms with Gasteiger partial charge in [0.2, 0.25) is 0 Å². The third-order valence-corrected chi connectivity index (χ3v) is 6.93. The van der Waals surface area contributed by atoms with Gasteiger partial charge in [0.05, 0.1) is 4.91 Å². The summed E-state index contributed by atoms with van der Waals surface area (Å²) in [6.07, 6.45) is 19.6. The number of likely N-dealkylation sites (tertiary alicyclic amines) is 1. The second-order valence-electron chi connectivity index (χ2n) is 6.88. The van der Waals surface area contributed by atoms with Crippen LogP contribution in [0.2, 0.25) is 0 Å². The van der Waals surface area contributed by atoms with Gasteiger partial charge >= 0.3 is 0 Å². The monoisotopic (exact) mass is 332 g/mol. The third-order valence-electron chi connectivity index (χ3n) is 5.39. The predicted octanol–water partition coefficient (Wildman–Crippen LogP) is 3.08. The third kappa shape index (κ3) is 4.35. The van der Waals surface area contributed by atoms with Gasteiger partial charge in [0.15, 0.2) is 0 Å². The smallest absolute Gasteiger partial charge is 0.127 e. The van der Waals surface area contributed by atoms with Crippen molar-refractivity contribution >= 4 is 11.0 Å². The minimum atomic E-state index is -0.954. The molecule has 126 valence electrons. The van der Waals surface area contributed by atoms with Crippen LogP contribution in [0.3, 0.4) is 0 Å². The largest absolute Gasteiger partial charge is 0.300 e. The number of piperidine rings is 2. The summed E-state index contributed by atoms with van der Waals surface area (Å²) in [7, 11) is -0.954. The van der Waals surface area contributed by atoms with Crippen molar-refractivity contribution in [2.24, 2.45) is 5.92 Å². The standard InChI is InChI=1S/C19H28N2OS/c1-2-6-17-9-13-20(14-10-17)18-11-15-21(16-12-18)23(22)19-7-4-3-5-8-19/h1,4,7-8,17-18H,3,5-6,9-16H2. The molecule has 0 amide bonds. The Morgan fingerprint density at radius 1 is 1.13 bits per heavy atom. The van der Waals surface area contributed by atoms with Gasteiger partial charge in [0.1, 0.15) is 11.0 Å². The maximum absolute atomic E-state index is 12.6. The average molecular weight is 333 g/mol. The van der Waals surface area contributed by atoms with Gasteiger partial charge in [0, 0.05) is 25.6 Å². The molecule has 1 unspecified atom stereocenters. The molecule has 0 aromatic rings. The van der Waals surface area contributed by atoms with Gasteiger partial charge in [-0.2, -0.15) is 0 Å². The lowest BCUT2D eigenvalue weighted by atomic mass is 9.92. The van der Waals surface area contributed by atoms with Crippen molar-refractivity contribution < 1.29 is 4.21 Å². The van der Waals surface area contributed by atoms with E-state index in [4.69, 9.17) is 6.42 Å². The van der Waals surface area contributed by atoms with E-state index < -0.39 is 11.0 Å². The first-order valence-corrected chi connectivity index (χ1v) is 10.1. The summed E-state index contributed by atoms with van der Waals surface area (Å²) >= 11 is 0. The molecule has 2 fully saturated rings. The van der Waals surface area contributed by atoms with E-state index in [0.717, 1.165) is 56.0 Å². The molecule has 4 heteroatoms.